The van der Waals surface area contributed by atoms with Gasteiger partial charge in [-0.05, 0) is 48.3 Å². The second-order valence-corrected chi connectivity index (χ2v) is 11.5. The Hall–Kier alpha value is -3.16. The first-order valence-electron chi connectivity index (χ1n) is 12.1. The molecule has 3 amide bonds. The van der Waals surface area contributed by atoms with E-state index in [-0.39, 0.29) is 23.6 Å². The summed E-state index contributed by atoms with van der Waals surface area (Å²) in [7, 11) is 0. The van der Waals surface area contributed by atoms with Crippen LogP contribution in [0, 0.1) is 23.7 Å². The minimum absolute atomic E-state index is 0.0433. The second kappa shape index (κ2) is 9.47. The van der Waals surface area contributed by atoms with E-state index in [2.05, 4.69) is 15.6 Å². The Balaban J connectivity index is 1.92. The van der Waals surface area contributed by atoms with Crippen LogP contribution in [0.3, 0.4) is 0 Å². The van der Waals surface area contributed by atoms with E-state index in [0.717, 1.165) is 16.5 Å². The predicted octanol–water partition coefficient (Wildman–Crippen LogP) is 3.20. The third-order valence-corrected chi connectivity index (χ3v) is 7.38. The number of carbonyl (C=O) groups is 4. The Morgan fingerprint density at radius 3 is 2.43 bits per heavy atom. The van der Waals surface area contributed by atoms with Crippen molar-refractivity contribution in [3.63, 3.8) is 0 Å². The highest BCUT2D eigenvalue weighted by atomic mass is 16.2. The first-order chi connectivity index (χ1) is 16.2. The summed E-state index contributed by atoms with van der Waals surface area (Å²) < 4.78 is 0. The third-order valence-electron chi connectivity index (χ3n) is 7.38. The van der Waals surface area contributed by atoms with Crippen LogP contribution in [0.1, 0.15) is 64.5 Å². The van der Waals surface area contributed by atoms with Crippen molar-refractivity contribution in [2.75, 3.05) is 6.54 Å². The van der Waals surface area contributed by atoms with Crippen LogP contribution in [0.5, 0.6) is 0 Å². The van der Waals surface area contributed by atoms with E-state index >= 15 is 0 Å². The fraction of sp³-hybridized carbons (Fsp3) is 0.556. The number of fused-ring (bicyclic) bond motifs is 1. The molecule has 3 N–H and O–H groups in total. The minimum atomic E-state index is -0.859. The first-order valence-corrected chi connectivity index (χ1v) is 12.1. The molecule has 2 heterocycles. The van der Waals surface area contributed by atoms with Crippen molar-refractivity contribution in [3.05, 3.63) is 35.5 Å². The van der Waals surface area contributed by atoms with Gasteiger partial charge < -0.3 is 25.3 Å². The van der Waals surface area contributed by atoms with Gasteiger partial charge in [0, 0.05) is 17.4 Å². The second-order valence-electron chi connectivity index (χ2n) is 11.5. The zero-order valence-corrected chi connectivity index (χ0v) is 22.0. The standard InChI is InChI=1S/C27H38N4O4/c1-15-10-9-11-19-18(15)12-20(29-19)23(33)30-21(26(4,5)6)25(35)31-13-16(2)27(7,8)22(31)24(34)28-17(3)14-32/h9-12,14,16-17,21-22,29H,13H2,1-8H3,(H,28,34)(H,30,33)/t16-,17?,21-,22-/m1/s1. The summed E-state index contributed by atoms with van der Waals surface area (Å²) in [5.74, 6) is -1.01. The molecule has 8 heteroatoms. The number of H-pyrrole nitrogens is 1. The maximum Gasteiger partial charge on any atom is 0.268 e. The summed E-state index contributed by atoms with van der Waals surface area (Å²) in [5.41, 5.74) is 1.16. The van der Waals surface area contributed by atoms with E-state index in [9.17, 15) is 19.2 Å². The molecule has 0 radical (unpaired) electrons. The molecular weight excluding hydrogens is 444 g/mol. The lowest BCUT2D eigenvalue weighted by molar-refractivity contribution is -0.144. The van der Waals surface area contributed by atoms with E-state index in [1.54, 1.807) is 17.9 Å². The predicted molar refractivity (Wildman–Crippen MR) is 136 cm³/mol. The van der Waals surface area contributed by atoms with Crippen molar-refractivity contribution in [2.24, 2.45) is 16.7 Å². The summed E-state index contributed by atoms with van der Waals surface area (Å²) in [6, 6.07) is 5.32. The molecule has 3 rings (SSSR count). The normalized spacial score (nSPS) is 21.4. The van der Waals surface area contributed by atoms with Gasteiger partial charge in [0.1, 0.15) is 24.1 Å². The van der Waals surface area contributed by atoms with Gasteiger partial charge in [0.2, 0.25) is 11.8 Å². The van der Waals surface area contributed by atoms with Gasteiger partial charge in [-0.2, -0.15) is 0 Å². The summed E-state index contributed by atoms with van der Waals surface area (Å²) in [5, 5.41) is 6.59. The number of hydrogen-bond acceptors (Lipinski definition) is 4. The molecule has 0 aliphatic carbocycles. The Bertz CT molecular complexity index is 1140. The fourth-order valence-electron chi connectivity index (χ4n) is 4.79. The summed E-state index contributed by atoms with van der Waals surface area (Å²) in [6.07, 6.45) is 0.662. The highest BCUT2D eigenvalue weighted by Crippen LogP contribution is 2.42. The number of benzene rings is 1. The number of likely N-dealkylation sites (tertiary alicyclic amines) is 1. The zero-order chi connectivity index (χ0) is 26.3. The monoisotopic (exact) mass is 482 g/mol. The maximum absolute atomic E-state index is 13.9. The highest BCUT2D eigenvalue weighted by Gasteiger charge is 2.53. The van der Waals surface area contributed by atoms with Crippen LogP contribution in [0.2, 0.25) is 0 Å². The van der Waals surface area contributed by atoms with Crippen molar-refractivity contribution < 1.29 is 19.2 Å². The highest BCUT2D eigenvalue weighted by molar-refractivity contribution is 6.01. The van der Waals surface area contributed by atoms with Gasteiger partial charge >= 0.3 is 0 Å². The topological polar surface area (TPSA) is 111 Å². The molecular formula is C27H38N4O4. The van der Waals surface area contributed by atoms with Gasteiger partial charge in [0.25, 0.3) is 5.91 Å². The SMILES string of the molecule is Cc1cccc2[nH]c(C(=O)N[C@H](C(=O)N3C[C@@H](C)C(C)(C)[C@H]3C(=O)NC(C)C=O)C(C)(C)C)cc12. The van der Waals surface area contributed by atoms with Crippen LogP contribution in [0.15, 0.2) is 24.3 Å². The number of carbonyl (C=O) groups excluding carboxylic acids is 4. The van der Waals surface area contributed by atoms with Gasteiger partial charge in [-0.3, -0.25) is 14.4 Å². The van der Waals surface area contributed by atoms with Crippen molar-refractivity contribution in [3.8, 4) is 0 Å². The smallest absolute Gasteiger partial charge is 0.268 e. The Labute approximate surface area is 207 Å². The van der Waals surface area contributed by atoms with Crippen molar-refractivity contribution in [2.45, 2.75) is 73.5 Å². The van der Waals surface area contributed by atoms with Crippen LogP contribution in [-0.4, -0.2) is 58.6 Å². The molecule has 1 aromatic carbocycles. The quantitative estimate of drug-likeness (QED) is 0.549. The number of aromatic amines is 1. The van der Waals surface area contributed by atoms with Crippen molar-refractivity contribution >= 4 is 34.9 Å². The van der Waals surface area contributed by atoms with E-state index in [1.807, 2.05) is 66.7 Å². The molecule has 2 aromatic rings. The summed E-state index contributed by atoms with van der Waals surface area (Å²) >= 11 is 0. The molecule has 0 saturated carbocycles. The zero-order valence-electron chi connectivity index (χ0n) is 22.0. The van der Waals surface area contributed by atoms with Crippen molar-refractivity contribution in [1.82, 2.24) is 20.5 Å². The van der Waals surface area contributed by atoms with Crippen LogP contribution in [-0.2, 0) is 14.4 Å². The molecule has 1 aliphatic heterocycles. The lowest BCUT2D eigenvalue weighted by Gasteiger charge is -2.38. The van der Waals surface area contributed by atoms with E-state index in [0.29, 0.717) is 18.5 Å². The van der Waals surface area contributed by atoms with Crippen molar-refractivity contribution in [1.29, 1.82) is 0 Å². The fourth-order valence-corrected chi connectivity index (χ4v) is 4.79. The number of hydrogen-bond donors (Lipinski definition) is 3. The van der Waals surface area contributed by atoms with Gasteiger partial charge in [-0.1, -0.05) is 53.7 Å². The number of nitrogens with one attached hydrogen (secondary N) is 3. The third kappa shape index (κ3) is 5.11. The van der Waals surface area contributed by atoms with E-state index < -0.39 is 29.0 Å². The largest absolute Gasteiger partial charge is 0.351 e. The molecule has 1 unspecified atom stereocenters. The Morgan fingerprint density at radius 1 is 1.20 bits per heavy atom. The molecule has 1 aromatic heterocycles. The lowest BCUT2D eigenvalue weighted by atomic mass is 9.77. The summed E-state index contributed by atoms with van der Waals surface area (Å²) in [6.45, 7) is 15.5. The van der Waals surface area contributed by atoms with Crippen LogP contribution in [0.25, 0.3) is 10.9 Å². The molecule has 0 bridgehead atoms. The summed E-state index contributed by atoms with van der Waals surface area (Å²) in [4.78, 5) is 56.2. The average molecular weight is 483 g/mol. The number of nitrogens with zero attached hydrogens (tertiary/aromatic N) is 1. The van der Waals surface area contributed by atoms with E-state index in [4.69, 9.17) is 0 Å². The molecule has 35 heavy (non-hydrogen) atoms. The number of aldehydes is 1. The van der Waals surface area contributed by atoms with Gasteiger partial charge in [0.05, 0.1) is 6.04 Å². The first kappa shape index (κ1) is 26.4. The molecule has 0 spiro atoms. The molecule has 1 saturated heterocycles. The van der Waals surface area contributed by atoms with Crippen LogP contribution < -0.4 is 10.6 Å². The number of amides is 3. The molecule has 4 atom stereocenters. The molecule has 1 fully saturated rings. The Kier molecular flexibility index (Phi) is 7.16. The molecule has 8 nitrogen and oxygen atoms in total. The van der Waals surface area contributed by atoms with Gasteiger partial charge in [-0.25, -0.2) is 0 Å². The van der Waals surface area contributed by atoms with Gasteiger partial charge in [0.15, 0.2) is 0 Å². The number of aryl methyl sites for hydroxylation is 1. The maximum atomic E-state index is 13.9. The Morgan fingerprint density at radius 2 is 1.86 bits per heavy atom. The van der Waals surface area contributed by atoms with Crippen LogP contribution >= 0.6 is 0 Å². The number of aromatic nitrogens is 1. The molecule has 190 valence electrons. The van der Waals surface area contributed by atoms with Gasteiger partial charge in [-0.15, -0.1) is 0 Å². The lowest BCUT2D eigenvalue weighted by Crippen LogP contribution is -2.60. The number of rotatable bonds is 6. The molecule has 1 aliphatic rings. The average Bonchev–Trinajstić information content (AvgIpc) is 3.30. The minimum Gasteiger partial charge on any atom is -0.351 e. The van der Waals surface area contributed by atoms with E-state index in [1.165, 1.54) is 0 Å². The van der Waals surface area contributed by atoms with Crippen LogP contribution in [0.4, 0.5) is 0 Å².